The summed E-state index contributed by atoms with van der Waals surface area (Å²) in [6.07, 6.45) is 4.50. The molecular weight excluding hydrogens is 345 g/mol. The molecule has 0 unspecified atom stereocenters. The number of nitrogens with one attached hydrogen (secondary N) is 2. The van der Waals surface area contributed by atoms with E-state index in [0.29, 0.717) is 5.69 Å². The van der Waals surface area contributed by atoms with Crippen molar-refractivity contribution < 1.29 is 14.0 Å². The first-order chi connectivity index (χ1) is 13.0. The fourth-order valence-electron chi connectivity index (χ4n) is 3.29. The summed E-state index contributed by atoms with van der Waals surface area (Å²) < 4.78 is 12.9. The van der Waals surface area contributed by atoms with Crippen LogP contribution in [0.1, 0.15) is 24.0 Å². The van der Waals surface area contributed by atoms with Gasteiger partial charge < -0.3 is 15.5 Å². The Balaban J connectivity index is 1.50. The van der Waals surface area contributed by atoms with Crippen molar-refractivity contribution in [3.8, 4) is 0 Å². The second-order valence-corrected chi connectivity index (χ2v) is 6.81. The van der Waals surface area contributed by atoms with Gasteiger partial charge >= 0.3 is 0 Å². The van der Waals surface area contributed by atoms with Crippen LogP contribution in [-0.2, 0) is 22.4 Å². The maximum atomic E-state index is 12.9. The van der Waals surface area contributed by atoms with E-state index in [1.807, 2.05) is 12.1 Å². The summed E-state index contributed by atoms with van der Waals surface area (Å²) in [6, 6.07) is 11.7. The highest BCUT2D eigenvalue weighted by atomic mass is 19.1. The lowest BCUT2D eigenvalue weighted by Crippen LogP contribution is -2.38. The van der Waals surface area contributed by atoms with Crippen LogP contribution in [0.25, 0.3) is 0 Å². The van der Waals surface area contributed by atoms with Crippen LogP contribution in [0.3, 0.4) is 0 Å². The maximum absolute atomic E-state index is 12.9. The first-order valence-electron chi connectivity index (χ1n) is 9.17. The lowest BCUT2D eigenvalue weighted by atomic mass is 9.90. The highest BCUT2D eigenvalue weighted by Gasteiger charge is 2.16. The number of hydrogen-bond acceptors (Lipinski definition) is 3. The van der Waals surface area contributed by atoms with Crippen molar-refractivity contribution in [2.45, 2.75) is 25.7 Å². The minimum Gasteiger partial charge on any atom is -0.376 e. The predicted molar refractivity (Wildman–Crippen MR) is 104 cm³/mol. The van der Waals surface area contributed by atoms with Crippen LogP contribution in [0.15, 0.2) is 42.5 Å². The lowest BCUT2D eigenvalue weighted by Gasteiger charge is -2.21. The van der Waals surface area contributed by atoms with Crippen molar-refractivity contribution in [1.82, 2.24) is 4.90 Å². The smallest absolute Gasteiger partial charge is 0.243 e. The molecule has 5 nitrogen and oxygen atoms in total. The Morgan fingerprint density at radius 2 is 1.81 bits per heavy atom. The maximum Gasteiger partial charge on any atom is 0.243 e. The second kappa shape index (κ2) is 8.66. The molecule has 0 radical (unpaired) electrons. The number of anilines is 2. The number of carbonyl (C=O) groups is 2. The third-order valence-corrected chi connectivity index (χ3v) is 4.76. The van der Waals surface area contributed by atoms with E-state index < -0.39 is 0 Å². The number of fused-ring (bicyclic) bond motifs is 1. The van der Waals surface area contributed by atoms with Crippen molar-refractivity contribution in [2.24, 2.45) is 0 Å². The number of hydrogen-bond donors (Lipinski definition) is 2. The van der Waals surface area contributed by atoms with Gasteiger partial charge in [-0.2, -0.15) is 0 Å². The molecule has 0 atom stereocenters. The van der Waals surface area contributed by atoms with Crippen LogP contribution < -0.4 is 10.6 Å². The van der Waals surface area contributed by atoms with E-state index in [0.717, 1.165) is 18.5 Å². The van der Waals surface area contributed by atoms with Gasteiger partial charge in [0, 0.05) is 18.4 Å². The van der Waals surface area contributed by atoms with E-state index in [1.54, 1.807) is 7.05 Å². The fraction of sp³-hybridized carbons (Fsp3) is 0.333. The Bertz CT molecular complexity index is 821. The molecule has 142 valence electrons. The molecule has 0 heterocycles. The molecule has 1 aliphatic carbocycles. The molecule has 0 aromatic heterocycles. The van der Waals surface area contributed by atoms with E-state index >= 15 is 0 Å². The van der Waals surface area contributed by atoms with Crippen LogP contribution in [0.4, 0.5) is 15.8 Å². The number of nitrogens with zero attached hydrogens (tertiary/aromatic N) is 1. The lowest BCUT2D eigenvalue weighted by molar-refractivity contribution is -0.131. The normalized spacial score (nSPS) is 12.8. The zero-order chi connectivity index (χ0) is 19.2. The van der Waals surface area contributed by atoms with Crippen molar-refractivity contribution in [3.63, 3.8) is 0 Å². The summed E-state index contributed by atoms with van der Waals surface area (Å²) >= 11 is 0. The van der Waals surface area contributed by atoms with Crippen LogP contribution >= 0.6 is 0 Å². The molecule has 2 aromatic rings. The van der Waals surface area contributed by atoms with E-state index in [1.165, 1.54) is 53.1 Å². The number of benzene rings is 2. The Hall–Kier alpha value is -2.89. The van der Waals surface area contributed by atoms with Crippen LogP contribution in [0.2, 0.25) is 0 Å². The highest BCUT2D eigenvalue weighted by Crippen LogP contribution is 2.27. The Kier molecular flexibility index (Phi) is 6.06. The van der Waals surface area contributed by atoms with Gasteiger partial charge in [0.1, 0.15) is 5.82 Å². The number of amides is 2. The van der Waals surface area contributed by atoms with Crippen LogP contribution in [-0.4, -0.2) is 36.9 Å². The SMILES string of the molecule is CN(CC(=O)Nc1ccc(F)cc1)C(=O)CNc1cccc2c1CCCC2. The Morgan fingerprint density at radius 1 is 1.07 bits per heavy atom. The molecule has 0 bridgehead atoms. The zero-order valence-electron chi connectivity index (χ0n) is 15.4. The molecule has 2 amide bonds. The highest BCUT2D eigenvalue weighted by molar-refractivity contribution is 5.95. The zero-order valence-corrected chi connectivity index (χ0v) is 15.4. The van der Waals surface area contributed by atoms with Gasteiger partial charge in [-0.1, -0.05) is 12.1 Å². The van der Waals surface area contributed by atoms with Crippen molar-refractivity contribution in [3.05, 3.63) is 59.4 Å². The number of aryl methyl sites for hydroxylation is 1. The Labute approximate surface area is 158 Å². The quantitative estimate of drug-likeness (QED) is 0.822. The molecule has 6 heteroatoms. The first kappa shape index (κ1) is 18.9. The van der Waals surface area contributed by atoms with Gasteiger partial charge in [-0.25, -0.2) is 4.39 Å². The monoisotopic (exact) mass is 369 g/mol. The second-order valence-electron chi connectivity index (χ2n) is 6.81. The molecule has 1 aliphatic rings. The van der Waals surface area contributed by atoms with Gasteiger partial charge in [0.15, 0.2) is 0 Å². The average molecular weight is 369 g/mol. The first-order valence-corrected chi connectivity index (χ1v) is 9.17. The van der Waals surface area contributed by atoms with Gasteiger partial charge in [0.05, 0.1) is 13.1 Å². The summed E-state index contributed by atoms with van der Waals surface area (Å²) in [6.45, 7) is 0.0710. The molecule has 0 saturated carbocycles. The molecule has 0 spiro atoms. The van der Waals surface area contributed by atoms with E-state index in [9.17, 15) is 14.0 Å². The van der Waals surface area contributed by atoms with E-state index in [-0.39, 0.29) is 30.7 Å². The third kappa shape index (κ3) is 5.06. The average Bonchev–Trinajstić information content (AvgIpc) is 2.67. The van der Waals surface area contributed by atoms with Crippen LogP contribution in [0, 0.1) is 5.82 Å². The number of carbonyl (C=O) groups excluding carboxylic acids is 2. The van der Waals surface area contributed by atoms with Gasteiger partial charge in [0.2, 0.25) is 11.8 Å². The van der Waals surface area contributed by atoms with Crippen molar-refractivity contribution >= 4 is 23.2 Å². The fourth-order valence-corrected chi connectivity index (χ4v) is 3.29. The van der Waals surface area contributed by atoms with Crippen LogP contribution in [0.5, 0.6) is 0 Å². The Morgan fingerprint density at radius 3 is 2.59 bits per heavy atom. The van der Waals surface area contributed by atoms with Crippen molar-refractivity contribution in [2.75, 3.05) is 30.8 Å². The van der Waals surface area contributed by atoms with Gasteiger partial charge in [-0.15, -0.1) is 0 Å². The summed E-state index contributed by atoms with van der Waals surface area (Å²) in [5.74, 6) is -0.860. The van der Waals surface area contributed by atoms with E-state index in [4.69, 9.17) is 0 Å². The summed E-state index contributed by atoms with van der Waals surface area (Å²) in [5, 5.41) is 5.87. The minimum absolute atomic E-state index is 0.0647. The molecule has 0 saturated heterocycles. The topological polar surface area (TPSA) is 61.4 Å². The molecule has 2 aromatic carbocycles. The number of halogens is 1. The summed E-state index contributed by atoms with van der Waals surface area (Å²) in [4.78, 5) is 25.8. The molecule has 0 fully saturated rings. The summed E-state index contributed by atoms with van der Waals surface area (Å²) in [5.41, 5.74) is 4.15. The van der Waals surface area contributed by atoms with Gasteiger partial charge in [-0.05, 0) is 67.1 Å². The standard InChI is InChI=1S/C21H24FN3O2/c1-25(14-20(26)24-17-11-9-16(22)10-12-17)21(27)13-23-19-8-4-6-15-5-2-3-7-18(15)19/h4,6,8-12,23H,2-3,5,7,13-14H2,1H3,(H,24,26). The number of rotatable bonds is 6. The molecule has 0 aliphatic heterocycles. The summed E-state index contributed by atoms with van der Waals surface area (Å²) in [7, 11) is 1.59. The third-order valence-electron chi connectivity index (χ3n) is 4.76. The van der Waals surface area contributed by atoms with E-state index in [2.05, 4.69) is 16.7 Å². The predicted octanol–water partition coefficient (Wildman–Crippen LogP) is 3.21. The molecule has 3 rings (SSSR count). The van der Waals surface area contributed by atoms with Gasteiger partial charge in [0.25, 0.3) is 0 Å². The van der Waals surface area contributed by atoms with Crippen molar-refractivity contribution in [1.29, 1.82) is 0 Å². The minimum atomic E-state index is -0.366. The largest absolute Gasteiger partial charge is 0.376 e. The number of likely N-dealkylation sites (N-methyl/N-ethyl adjacent to an activating group) is 1. The molecular formula is C21H24FN3O2. The van der Waals surface area contributed by atoms with Gasteiger partial charge in [-0.3, -0.25) is 9.59 Å². The molecule has 27 heavy (non-hydrogen) atoms. The molecule has 2 N–H and O–H groups in total.